The van der Waals surface area contributed by atoms with Gasteiger partial charge in [0.2, 0.25) is 11.8 Å². The van der Waals surface area contributed by atoms with Crippen LogP contribution in [-0.2, 0) is 16.0 Å². The van der Waals surface area contributed by atoms with E-state index in [4.69, 9.17) is 0 Å². The number of aryl methyl sites for hydroxylation is 1. The summed E-state index contributed by atoms with van der Waals surface area (Å²) in [6, 6.07) is 11.4. The lowest BCUT2D eigenvalue weighted by Crippen LogP contribution is -2.50. The molecule has 0 radical (unpaired) electrons. The molecular weight excluding hydrogens is 374 g/mol. The van der Waals surface area contributed by atoms with Gasteiger partial charge in [-0.1, -0.05) is 25.1 Å². The van der Waals surface area contributed by atoms with Crippen LogP contribution < -0.4 is 5.32 Å². The van der Waals surface area contributed by atoms with Crippen molar-refractivity contribution in [2.45, 2.75) is 26.2 Å². The van der Waals surface area contributed by atoms with Gasteiger partial charge in [0.1, 0.15) is 0 Å². The first kappa shape index (κ1) is 20.1. The van der Waals surface area contributed by atoms with E-state index in [-0.39, 0.29) is 30.6 Å². The smallest absolute Gasteiger partial charge is 0.264 e. The molecule has 1 aliphatic heterocycles. The van der Waals surface area contributed by atoms with Gasteiger partial charge in [0.15, 0.2) is 0 Å². The van der Waals surface area contributed by atoms with Crippen molar-refractivity contribution in [1.29, 1.82) is 0 Å². The first-order valence-electron chi connectivity index (χ1n) is 9.56. The Hall–Kier alpha value is -2.67. The number of hydrogen-bond donors (Lipinski definition) is 1. The van der Waals surface area contributed by atoms with E-state index in [0.717, 1.165) is 22.5 Å². The number of carbonyl (C=O) groups is 3. The van der Waals surface area contributed by atoms with Crippen LogP contribution in [-0.4, -0.2) is 53.7 Å². The molecule has 1 aromatic heterocycles. The number of piperazine rings is 1. The lowest BCUT2D eigenvalue weighted by Gasteiger charge is -2.34. The van der Waals surface area contributed by atoms with Crippen LogP contribution in [0, 0.1) is 0 Å². The molecule has 3 amide bonds. The number of amides is 3. The highest BCUT2D eigenvalue weighted by atomic mass is 32.1. The van der Waals surface area contributed by atoms with Crippen molar-refractivity contribution in [2.24, 2.45) is 0 Å². The molecule has 7 heteroatoms. The van der Waals surface area contributed by atoms with Crippen molar-refractivity contribution < 1.29 is 14.4 Å². The third-order valence-electron chi connectivity index (χ3n) is 4.84. The maximum Gasteiger partial charge on any atom is 0.264 e. The maximum atomic E-state index is 12.4. The monoisotopic (exact) mass is 399 g/mol. The third kappa shape index (κ3) is 5.19. The van der Waals surface area contributed by atoms with Gasteiger partial charge in [-0.05, 0) is 35.6 Å². The number of thiophene rings is 1. The van der Waals surface area contributed by atoms with Gasteiger partial charge in [-0.3, -0.25) is 14.4 Å². The lowest BCUT2D eigenvalue weighted by atomic mass is 10.1. The topological polar surface area (TPSA) is 69.7 Å². The van der Waals surface area contributed by atoms with E-state index >= 15 is 0 Å². The summed E-state index contributed by atoms with van der Waals surface area (Å²) in [4.78, 5) is 41.1. The first-order valence-corrected chi connectivity index (χ1v) is 10.4. The van der Waals surface area contributed by atoms with Gasteiger partial charge in [-0.25, -0.2) is 0 Å². The molecule has 6 nitrogen and oxygen atoms in total. The van der Waals surface area contributed by atoms with Crippen molar-refractivity contribution in [1.82, 2.24) is 9.80 Å². The fraction of sp³-hybridized carbons (Fsp3) is 0.381. The predicted octanol–water partition coefficient (Wildman–Crippen LogP) is 3.01. The van der Waals surface area contributed by atoms with Gasteiger partial charge in [-0.15, -0.1) is 11.3 Å². The molecule has 0 atom stereocenters. The third-order valence-corrected chi connectivity index (χ3v) is 5.69. The summed E-state index contributed by atoms with van der Waals surface area (Å²) in [5.74, 6) is -0.176. The van der Waals surface area contributed by atoms with Crippen LogP contribution in [0.4, 0.5) is 5.69 Å². The zero-order valence-electron chi connectivity index (χ0n) is 16.0. The molecule has 0 saturated carbocycles. The number of benzene rings is 1. The molecule has 148 valence electrons. The number of rotatable bonds is 6. The van der Waals surface area contributed by atoms with Crippen LogP contribution in [0.25, 0.3) is 0 Å². The van der Waals surface area contributed by atoms with Gasteiger partial charge < -0.3 is 15.1 Å². The Kier molecular flexibility index (Phi) is 6.81. The van der Waals surface area contributed by atoms with Crippen molar-refractivity contribution in [3.05, 3.63) is 52.2 Å². The normalized spacial score (nSPS) is 14.0. The highest BCUT2D eigenvalue weighted by Gasteiger charge is 2.25. The minimum atomic E-state index is -0.159. The van der Waals surface area contributed by atoms with Gasteiger partial charge in [0.25, 0.3) is 5.91 Å². The number of carbonyl (C=O) groups excluding carboxylic acids is 3. The summed E-state index contributed by atoms with van der Waals surface area (Å²) in [5.41, 5.74) is 1.92. The zero-order valence-corrected chi connectivity index (χ0v) is 16.8. The van der Waals surface area contributed by atoms with Crippen LogP contribution in [0.5, 0.6) is 0 Å². The highest BCUT2D eigenvalue weighted by Crippen LogP contribution is 2.15. The predicted molar refractivity (Wildman–Crippen MR) is 110 cm³/mol. The molecule has 1 aliphatic rings. The van der Waals surface area contributed by atoms with Crippen molar-refractivity contribution >= 4 is 34.7 Å². The SMILES string of the molecule is CCc1cccc(NC(=O)CCC(=O)N2CCN(C(=O)c3cccs3)CC2)c1. The van der Waals surface area contributed by atoms with E-state index in [1.54, 1.807) is 9.80 Å². The quantitative estimate of drug-likeness (QED) is 0.812. The van der Waals surface area contributed by atoms with E-state index in [9.17, 15) is 14.4 Å². The molecule has 2 aromatic rings. The maximum absolute atomic E-state index is 12.4. The van der Waals surface area contributed by atoms with Crippen LogP contribution in [0.2, 0.25) is 0 Å². The Morgan fingerprint density at radius 1 is 1.00 bits per heavy atom. The summed E-state index contributed by atoms with van der Waals surface area (Å²) >= 11 is 1.43. The van der Waals surface area contributed by atoms with E-state index in [1.165, 1.54) is 11.3 Å². The van der Waals surface area contributed by atoms with Crippen LogP contribution >= 0.6 is 11.3 Å². The molecule has 1 fully saturated rings. The van der Waals surface area contributed by atoms with Gasteiger partial charge >= 0.3 is 0 Å². The summed E-state index contributed by atoms with van der Waals surface area (Å²) in [6.07, 6.45) is 1.24. The van der Waals surface area contributed by atoms with Crippen molar-refractivity contribution in [2.75, 3.05) is 31.5 Å². The molecule has 28 heavy (non-hydrogen) atoms. The average molecular weight is 400 g/mol. The molecule has 3 rings (SSSR count). The molecule has 0 bridgehead atoms. The number of hydrogen-bond acceptors (Lipinski definition) is 4. The number of nitrogens with zero attached hydrogens (tertiary/aromatic N) is 2. The Balaban J connectivity index is 1.41. The van der Waals surface area contributed by atoms with Crippen molar-refractivity contribution in [3.8, 4) is 0 Å². The van der Waals surface area contributed by atoms with E-state index in [0.29, 0.717) is 26.2 Å². The molecule has 0 unspecified atom stereocenters. The first-order chi connectivity index (χ1) is 13.6. The Labute approximate surface area is 169 Å². The van der Waals surface area contributed by atoms with Crippen LogP contribution in [0.1, 0.15) is 35.0 Å². The van der Waals surface area contributed by atoms with Gasteiger partial charge in [-0.2, -0.15) is 0 Å². The van der Waals surface area contributed by atoms with Crippen molar-refractivity contribution in [3.63, 3.8) is 0 Å². The Bertz CT molecular complexity index is 827. The largest absolute Gasteiger partial charge is 0.339 e. The fourth-order valence-corrected chi connectivity index (χ4v) is 3.88. The lowest BCUT2D eigenvalue weighted by molar-refractivity contribution is -0.134. The molecule has 0 aliphatic carbocycles. The van der Waals surface area contributed by atoms with E-state index < -0.39 is 0 Å². The average Bonchev–Trinajstić information content (AvgIpc) is 3.26. The van der Waals surface area contributed by atoms with E-state index in [2.05, 4.69) is 12.2 Å². The number of nitrogens with one attached hydrogen (secondary N) is 1. The van der Waals surface area contributed by atoms with Crippen LogP contribution in [0.3, 0.4) is 0 Å². The van der Waals surface area contributed by atoms with E-state index in [1.807, 2.05) is 41.8 Å². The molecular formula is C21H25N3O3S. The highest BCUT2D eigenvalue weighted by molar-refractivity contribution is 7.12. The molecule has 1 aromatic carbocycles. The standard InChI is InChI=1S/C21H25N3O3S/c1-2-16-5-3-6-17(15-16)22-19(25)8-9-20(26)23-10-12-24(13-11-23)21(27)18-7-4-14-28-18/h3-7,14-15H,2,8-13H2,1H3,(H,22,25). The summed E-state index contributed by atoms with van der Waals surface area (Å²) in [5, 5.41) is 4.74. The molecule has 1 N–H and O–H groups in total. The number of anilines is 1. The summed E-state index contributed by atoms with van der Waals surface area (Å²) in [6.45, 7) is 4.14. The molecule has 2 heterocycles. The molecule has 0 spiro atoms. The minimum absolute atomic E-state index is 0.0239. The minimum Gasteiger partial charge on any atom is -0.339 e. The second-order valence-corrected chi connectivity index (χ2v) is 7.70. The second kappa shape index (κ2) is 9.50. The summed E-state index contributed by atoms with van der Waals surface area (Å²) < 4.78 is 0. The Morgan fingerprint density at radius 2 is 1.75 bits per heavy atom. The fourth-order valence-electron chi connectivity index (χ4n) is 3.19. The summed E-state index contributed by atoms with van der Waals surface area (Å²) in [7, 11) is 0. The Morgan fingerprint density at radius 3 is 2.43 bits per heavy atom. The second-order valence-electron chi connectivity index (χ2n) is 6.75. The van der Waals surface area contributed by atoms with Gasteiger partial charge in [0.05, 0.1) is 4.88 Å². The van der Waals surface area contributed by atoms with Gasteiger partial charge in [0, 0.05) is 44.7 Å². The molecule has 1 saturated heterocycles. The zero-order chi connectivity index (χ0) is 19.9. The van der Waals surface area contributed by atoms with Crippen LogP contribution in [0.15, 0.2) is 41.8 Å².